The van der Waals surface area contributed by atoms with Crippen molar-refractivity contribution in [2.75, 3.05) is 19.6 Å². The summed E-state index contributed by atoms with van der Waals surface area (Å²) in [6, 6.07) is 3.04. The predicted molar refractivity (Wildman–Crippen MR) is 79.7 cm³/mol. The molecule has 1 aromatic carbocycles. The Hall–Kier alpha value is -0.830. The number of nitrogens with one attached hydrogen (secondary N) is 1. The normalized spacial score (nSPS) is 26.3. The molecule has 128 valence electrons. The molecule has 2 aliphatic rings. The number of hydrogen-bond acceptors (Lipinski definition) is 3. The van der Waals surface area contributed by atoms with Crippen molar-refractivity contribution < 1.29 is 21.6 Å². The first kappa shape index (κ1) is 17.0. The highest BCUT2D eigenvalue weighted by atomic mass is 35.5. The summed E-state index contributed by atoms with van der Waals surface area (Å²) in [6.07, 6.45) is -3.14. The topological polar surface area (TPSA) is 49.4 Å². The largest absolute Gasteiger partial charge is 0.417 e. The number of piperidine rings is 1. The Morgan fingerprint density at radius 2 is 2.00 bits per heavy atom. The van der Waals surface area contributed by atoms with Gasteiger partial charge in [0.2, 0.25) is 10.0 Å². The fraction of sp³-hybridized carbons (Fsp3) is 0.571. The number of sulfonamides is 1. The number of alkyl halides is 3. The van der Waals surface area contributed by atoms with Crippen LogP contribution in [-0.2, 0) is 16.2 Å². The van der Waals surface area contributed by atoms with Gasteiger partial charge in [-0.3, -0.25) is 0 Å². The van der Waals surface area contributed by atoms with E-state index in [0.29, 0.717) is 31.6 Å². The molecule has 2 atom stereocenters. The molecule has 2 heterocycles. The molecule has 0 saturated carbocycles. The van der Waals surface area contributed by atoms with Crippen LogP contribution in [0.15, 0.2) is 23.1 Å². The number of fused-ring (bicyclic) bond motifs is 1. The van der Waals surface area contributed by atoms with Crippen LogP contribution in [0.5, 0.6) is 0 Å². The highest BCUT2D eigenvalue weighted by Gasteiger charge is 2.39. The van der Waals surface area contributed by atoms with Gasteiger partial charge in [0.1, 0.15) is 0 Å². The van der Waals surface area contributed by atoms with Gasteiger partial charge in [0.25, 0.3) is 0 Å². The fourth-order valence-corrected chi connectivity index (χ4v) is 5.03. The van der Waals surface area contributed by atoms with Gasteiger partial charge in [0.15, 0.2) is 0 Å². The van der Waals surface area contributed by atoms with Crippen LogP contribution in [0.25, 0.3) is 0 Å². The Kier molecular flexibility index (Phi) is 4.37. The highest BCUT2D eigenvalue weighted by Crippen LogP contribution is 2.37. The fourth-order valence-electron chi connectivity index (χ4n) is 3.26. The van der Waals surface area contributed by atoms with E-state index in [1.807, 2.05) is 0 Å². The Balaban J connectivity index is 1.91. The third kappa shape index (κ3) is 3.22. The second kappa shape index (κ2) is 5.91. The van der Waals surface area contributed by atoms with E-state index in [0.717, 1.165) is 25.1 Å². The maximum atomic E-state index is 12.9. The molecule has 2 unspecified atom stereocenters. The van der Waals surface area contributed by atoms with E-state index in [-0.39, 0.29) is 10.8 Å². The van der Waals surface area contributed by atoms with Crippen molar-refractivity contribution in [3.63, 3.8) is 0 Å². The van der Waals surface area contributed by atoms with Gasteiger partial charge >= 0.3 is 6.18 Å². The van der Waals surface area contributed by atoms with E-state index in [9.17, 15) is 21.6 Å². The van der Waals surface area contributed by atoms with E-state index in [2.05, 4.69) is 5.32 Å². The summed E-state index contributed by atoms with van der Waals surface area (Å²) in [4.78, 5) is -0.362. The van der Waals surface area contributed by atoms with Crippen LogP contribution in [0.3, 0.4) is 0 Å². The molecule has 2 aliphatic heterocycles. The molecule has 1 N–H and O–H groups in total. The van der Waals surface area contributed by atoms with Crippen molar-refractivity contribution >= 4 is 21.6 Å². The predicted octanol–water partition coefficient (Wildman–Crippen LogP) is 2.73. The summed E-state index contributed by atoms with van der Waals surface area (Å²) in [5.41, 5.74) is -1.13. The van der Waals surface area contributed by atoms with E-state index in [1.165, 1.54) is 4.31 Å². The molecule has 1 aromatic rings. The lowest BCUT2D eigenvalue weighted by atomic mass is 9.95. The third-order valence-electron chi connectivity index (χ3n) is 4.50. The summed E-state index contributed by atoms with van der Waals surface area (Å²) < 4.78 is 65.4. The van der Waals surface area contributed by atoms with Crippen LogP contribution >= 0.6 is 11.6 Å². The lowest BCUT2D eigenvalue weighted by Gasteiger charge is -2.34. The van der Waals surface area contributed by atoms with E-state index >= 15 is 0 Å². The van der Waals surface area contributed by atoms with Gasteiger partial charge in [-0.15, -0.1) is 0 Å². The summed E-state index contributed by atoms with van der Waals surface area (Å²) in [5, 5.41) is 2.81. The summed E-state index contributed by atoms with van der Waals surface area (Å²) in [6.45, 7) is 1.49. The standard InChI is InChI=1S/C14H16ClF3N2O2S/c15-12-2-1-10(7-11(12)14(16,17)18)23(21,22)20-6-4-13-9(8-20)3-5-19-13/h1-2,7,9,13,19H,3-6,8H2. The van der Waals surface area contributed by atoms with E-state index < -0.39 is 26.8 Å². The quantitative estimate of drug-likeness (QED) is 0.873. The minimum Gasteiger partial charge on any atom is -0.314 e. The second-order valence-electron chi connectivity index (χ2n) is 5.90. The monoisotopic (exact) mass is 368 g/mol. The van der Waals surface area contributed by atoms with Crippen molar-refractivity contribution in [3.8, 4) is 0 Å². The molecule has 9 heteroatoms. The van der Waals surface area contributed by atoms with E-state index in [4.69, 9.17) is 11.6 Å². The van der Waals surface area contributed by atoms with Gasteiger partial charge in [0.05, 0.1) is 15.5 Å². The van der Waals surface area contributed by atoms with Crippen LogP contribution in [0.4, 0.5) is 13.2 Å². The molecule has 0 spiro atoms. The van der Waals surface area contributed by atoms with Crippen LogP contribution in [-0.4, -0.2) is 38.4 Å². The van der Waals surface area contributed by atoms with Gasteiger partial charge in [0, 0.05) is 19.1 Å². The Morgan fingerprint density at radius 3 is 2.70 bits per heavy atom. The maximum absolute atomic E-state index is 12.9. The number of hydrogen-bond donors (Lipinski definition) is 1. The second-order valence-corrected chi connectivity index (χ2v) is 8.25. The third-order valence-corrected chi connectivity index (χ3v) is 6.69. The molecule has 0 aromatic heterocycles. The first-order chi connectivity index (χ1) is 10.7. The van der Waals surface area contributed by atoms with Gasteiger partial charge in [-0.1, -0.05) is 11.6 Å². The SMILES string of the molecule is O=S(=O)(c1ccc(Cl)c(C(F)(F)F)c1)N1CCC2NCCC2C1. The van der Waals surface area contributed by atoms with Crippen molar-refractivity contribution in [1.29, 1.82) is 0 Å². The molecule has 0 aliphatic carbocycles. The lowest BCUT2D eigenvalue weighted by Crippen LogP contribution is -2.46. The zero-order valence-electron chi connectivity index (χ0n) is 12.1. The van der Waals surface area contributed by atoms with Crippen LogP contribution < -0.4 is 5.32 Å². The minimum absolute atomic E-state index is 0.216. The number of benzene rings is 1. The van der Waals surface area contributed by atoms with Gasteiger partial charge < -0.3 is 5.32 Å². The Morgan fingerprint density at radius 1 is 1.26 bits per heavy atom. The number of rotatable bonds is 2. The molecule has 0 radical (unpaired) electrons. The first-order valence-electron chi connectivity index (χ1n) is 7.30. The van der Waals surface area contributed by atoms with Crippen molar-refractivity contribution in [2.24, 2.45) is 5.92 Å². The van der Waals surface area contributed by atoms with Gasteiger partial charge in [-0.2, -0.15) is 17.5 Å². The van der Waals surface area contributed by atoms with Gasteiger partial charge in [-0.25, -0.2) is 8.42 Å². The molecule has 3 rings (SSSR count). The molecule has 0 bridgehead atoms. The summed E-state index contributed by atoms with van der Waals surface area (Å²) in [7, 11) is -3.95. The van der Waals surface area contributed by atoms with Crippen molar-refractivity contribution in [3.05, 3.63) is 28.8 Å². The molecular formula is C14H16ClF3N2O2S. The Labute approximate surface area is 137 Å². The molecule has 4 nitrogen and oxygen atoms in total. The molecule has 2 saturated heterocycles. The van der Waals surface area contributed by atoms with Crippen LogP contribution in [0, 0.1) is 5.92 Å². The zero-order chi connectivity index (χ0) is 16.8. The smallest absolute Gasteiger partial charge is 0.314 e. The first-order valence-corrected chi connectivity index (χ1v) is 9.11. The molecule has 2 fully saturated rings. The minimum atomic E-state index is -4.69. The van der Waals surface area contributed by atoms with Crippen molar-refractivity contribution in [1.82, 2.24) is 9.62 Å². The summed E-state index contributed by atoms with van der Waals surface area (Å²) in [5.74, 6) is 0.216. The molecule has 0 amide bonds. The van der Waals surface area contributed by atoms with Gasteiger partial charge in [-0.05, 0) is 43.5 Å². The zero-order valence-corrected chi connectivity index (χ0v) is 13.7. The average molecular weight is 369 g/mol. The Bertz CT molecular complexity index is 708. The maximum Gasteiger partial charge on any atom is 0.417 e. The molecular weight excluding hydrogens is 353 g/mol. The lowest BCUT2D eigenvalue weighted by molar-refractivity contribution is -0.137. The van der Waals surface area contributed by atoms with Crippen molar-refractivity contribution in [2.45, 2.75) is 30.0 Å². The highest BCUT2D eigenvalue weighted by molar-refractivity contribution is 7.89. The molecule has 23 heavy (non-hydrogen) atoms. The van der Waals surface area contributed by atoms with Crippen LogP contribution in [0.2, 0.25) is 5.02 Å². The van der Waals surface area contributed by atoms with Crippen LogP contribution in [0.1, 0.15) is 18.4 Å². The van der Waals surface area contributed by atoms with E-state index in [1.54, 1.807) is 0 Å². The number of halogens is 4. The number of nitrogens with zero attached hydrogens (tertiary/aromatic N) is 1. The average Bonchev–Trinajstić information content (AvgIpc) is 2.93. The summed E-state index contributed by atoms with van der Waals surface area (Å²) >= 11 is 5.55.